The summed E-state index contributed by atoms with van der Waals surface area (Å²) in [5.41, 5.74) is 1.95. The predicted molar refractivity (Wildman–Crippen MR) is 135 cm³/mol. The summed E-state index contributed by atoms with van der Waals surface area (Å²) in [5, 5.41) is 2.89. The van der Waals surface area contributed by atoms with Gasteiger partial charge in [0.25, 0.3) is 0 Å². The number of nitrogens with one attached hydrogen (secondary N) is 1. The SMILES string of the molecule is CC[C@H](C)NC(=O)[C@@H](C)N(Cc1cccc(C)c1)C(=O)CN(c1ccc(F)cc1)S(=O)(=O)N(C)C. The van der Waals surface area contributed by atoms with Gasteiger partial charge in [-0.2, -0.15) is 12.7 Å². The highest BCUT2D eigenvalue weighted by Crippen LogP contribution is 2.21. The Morgan fingerprint density at radius 2 is 1.69 bits per heavy atom. The number of hydrogen-bond acceptors (Lipinski definition) is 4. The number of halogens is 1. The molecule has 2 rings (SSSR count). The number of anilines is 1. The zero-order valence-corrected chi connectivity index (χ0v) is 22.0. The molecule has 0 fully saturated rings. The normalized spacial score (nSPS) is 13.3. The van der Waals surface area contributed by atoms with Crippen LogP contribution in [0.4, 0.5) is 10.1 Å². The Hall–Kier alpha value is -2.98. The molecule has 0 aliphatic heterocycles. The average molecular weight is 507 g/mol. The van der Waals surface area contributed by atoms with Crippen molar-refractivity contribution in [2.24, 2.45) is 0 Å². The molecule has 192 valence electrons. The molecule has 8 nitrogen and oxygen atoms in total. The van der Waals surface area contributed by atoms with Gasteiger partial charge in [0.2, 0.25) is 11.8 Å². The van der Waals surface area contributed by atoms with Gasteiger partial charge in [0.05, 0.1) is 5.69 Å². The van der Waals surface area contributed by atoms with Crippen LogP contribution in [0.2, 0.25) is 0 Å². The van der Waals surface area contributed by atoms with E-state index in [9.17, 15) is 22.4 Å². The highest BCUT2D eigenvalue weighted by atomic mass is 32.2. The van der Waals surface area contributed by atoms with Gasteiger partial charge in [-0.25, -0.2) is 8.70 Å². The molecule has 0 spiro atoms. The maximum absolute atomic E-state index is 13.6. The Bertz CT molecular complexity index is 1120. The molecule has 0 bridgehead atoms. The number of nitrogens with zero attached hydrogens (tertiary/aromatic N) is 3. The molecule has 2 aromatic rings. The van der Waals surface area contributed by atoms with Gasteiger partial charge in [-0.15, -0.1) is 0 Å². The van der Waals surface area contributed by atoms with Crippen LogP contribution in [0.3, 0.4) is 0 Å². The Labute approximate surface area is 207 Å². The van der Waals surface area contributed by atoms with Crippen molar-refractivity contribution in [1.82, 2.24) is 14.5 Å². The first kappa shape index (κ1) is 28.3. The standard InChI is InChI=1S/C25H35FN4O4S/c1-7-19(3)27-25(32)20(4)29(16-21-10-8-9-18(2)15-21)24(31)17-30(35(33,34)28(5)6)23-13-11-22(26)12-14-23/h8-15,19-20H,7,16-17H2,1-6H3,(H,27,32)/t19-,20+/m0/s1. The smallest absolute Gasteiger partial charge is 0.304 e. The topological polar surface area (TPSA) is 90.0 Å². The largest absolute Gasteiger partial charge is 0.352 e. The minimum absolute atomic E-state index is 0.0781. The van der Waals surface area contributed by atoms with E-state index >= 15 is 0 Å². The van der Waals surface area contributed by atoms with Crippen LogP contribution in [0, 0.1) is 12.7 Å². The van der Waals surface area contributed by atoms with E-state index in [-0.39, 0.29) is 24.2 Å². The molecule has 0 radical (unpaired) electrons. The van der Waals surface area contributed by atoms with Gasteiger partial charge in [0, 0.05) is 26.7 Å². The summed E-state index contributed by atoms with van der Waals surface area (Å²) >= 11 is 0. The minimum Gasteiger partial charge on any atom is -0.352 e. The number of carbonyl (C=O) groups excluding carboxylic acids is 2. The number of rotatable bonds is 11. The molecule has 0 aromatic heterocycles. The highest BCUT2D eigenvalue weighted by Gasteiger charge is 2.32. The molecular formula is C25H35FN4O4S. The van der Waals surface area contributed by atoms with Gasteiger partial charge in [0.1, 0.15) is 18.4 Å². The molecule has 0 heterocycles. The van der Waals surface area contributed by atoms with Crippen LogP contribution < -0.4 is 9.62 Å². The van der Waals surface area contributed by atoms with E-state index in [0.717, 1.165) is 38.3 Å². The molecule has 0 saturated carbocycles. The number of benzene rings is 2. The lowest BCUT2D eigenvalue weighted by atomic mass is 10.1. The first-order valence-corrected chi connectivity index (χ1v) is 12.9. The van der Waals surface area contributed by atoms with Crippen molar-refractivity contribution in [1.29, 1.82) is 0 Å². The summed E-state index contributed by atoms with van der Waals surface area (Å²) in [7, 11) is -1.39. The summed E-state index contributed by atoms with van der Waals surface area (Å²) in [4.78, 5) is 27.9. The second-order valence-corrected chi connectivity index (χ2v) is 10.8. The monoisotopic (exact) mass is 506 g/mol. The van der Waals surface area contributed by atoms with Crippen molar-refractivity contribution in [3.05, 3.63) is 65.5 Å². The molecule has 2 atom stereocenters. The van der Waals surface area contributed by atoms with E-state index in [1.165, 1.54) is 31.1 Å². The van der Waals surface area contributed by atoms with Gasteiger partial charge in [-0.3, -0.25) is 9.59 Å². The van der Waals surface area contributed by atoms with Crippen molar-refractivity contribution in [2.75, 3.05) is 24.9 Å². The Kier molecular flexibility index (Phi) is 9.79. The summed E-state index contributed by atoms with van der Waals surface area (Å²) in [5.74, 6) is -1.42. The Morgan fingerprint density at radius 1 is 1.06 bits per heavy atom. The molecule has 0 unspecified atom stereocenters. The van der Waals surface area contributed by atoms with E-state index < -0.39 is 34.5 Å². The van der Waals surface area contributed by atoms with Crippen molar-refractivity contribution >= 4 is 27.7 Å². The van der Waals surface area contributed by atoms with Crippen LogP contribution in [0.25, 0.3) is 0 Å². The fourth-order valence-electron chi connectivity index (χ4n) is 3.38. The predicted octanol–water partition coefficient (Wildman–Crippen LogP) is 3.08. The average Bonchev–Trinajstić information content (AvgIpc) is 2.80. The number of carbonyl (C=O) groups is 2. The third kappa shape index (κ3) is 7.50. The van der Waals surface area contributed by atoms with E-state index in [1.54, 1.807) is 6.92 Å². The van der Waals surface area contributed by atoms with Crippen LogP contribution in [0.15, 0.2) is 48.5 Å². The molecule has 0 aliphatic rings. The van der Waals surface area contributed by atoms with Gasteiger partial charge >= 0.3 is 10.2 Å². The van der Waals surface area contributed by atoms with Gasteiger partial charge in [0.15, 0.2) is 0 Å². The third-order valence-electron chi connectivity index (χ3n) is 5.74. The lowest BCUT2D eigenvalue weighted by Crippen LogP contribution is -2.53. The quantitative estimate of drug-likeness (QED) is 0.507. The van der Waals surface area contributed by atoms with Crippen LogP contribution in [-0.2, 0) is 26.3 Å². The van der Waals surface area contributed by atoms with Gasteiger partial charge < -0.3 is 10.2 Å². The second-order valence-electron chi connectivity index (χ2n) is 8.78. The fraction of sp³-hybridized carbons (Fsp3) is 0.440. The van der Waals surface area contributed by atoms with Gasteiger partial charge in [-0.1, -0.05) is 36.8 Å². The summed E-state index contributed by atoms with van der Waals surface area (Å²) in [6.07, 6.45) is 0.726. The molecular weight excluding hydrogens is 471 g/mol. The van der Waals surface area contributed by atoms with Crippen LogP contribution in [0.1, 0.15) is 38.3 Å². The lowest BCUT2D eigenvalue weighted by molar-refractivity contribution is -0.139. The van der Waals surface area contributed by atoms with E-state index in [2.05, 4.69) is 5.32 Å². The van der Waals surface area contributed by atoms with Crippen LogP contribution in [0.5, 0.6) is 0 Å². The number of amides is 2. The second kappa shape index (κ2) is 12.1. The zero-order valence-electron chi connectivity index (χ0n) is 21.2. The van der Waals surface area contributed by atoms with Gasteiger partial charge in [-0.05, 0) is 57.0 Å². The fourth-order valence-corrected chi connectivity index (χ4v) is 4.44. The van der Waals surface area contributed by atoms with Crippen LogP contribution >= 0.6 is 0 Å². The third-order valence-corrected chi connectivity index (χ3v) is 7.56. The molecule has 1 N–H and O–H groups in total. The summed E-state index contributed by atoms with van der Waals surface area (Å²) < 4.78 is 41.5. The molecule has 0 aliphatic carbocycles. The number of hydrogen-bond donors (Lipinski definition) is 1. The summed E-state index contributed by atoms with van der Waals surface area (Å²) in [6.45, 7) is 6.92. The minimum atomic E-state index is -4.09. The van der Waals surface area contributed by atoms with Crippen molar-refractivity contribution in [3.63, 3.8) is 0 Å². The number of aryl methyl sites for hydroxylation is 1. The first-order valence-electron chi connectivity index (χ1n) is 11.5. The molecule has 2 aromatic carbocycles. The van der Waals surface area contributed by atoms with Crippen molar-refractivity contribution in [3.8, 4) is 0 Å². The molecule has 2 amide bonds. The van der Waals surface area contributed by atoms with Crippen molar-refractivity contribution in [2.45, 2.75) is 52.7 Å². The lowest BCUT2D eigenvalue weighted by Gasteiger charge is -2.33. The maximum atomic E-state index is 13.6. The molecule has 35 heavy (non-hydrogen) atoms. The van der Waals surface area contributed by atoms with Crippen molar-refractivity contribution < 1.29 is 22.4 Å². The van der Waals surface area contributed by atoms with Crippen LogP contribution in [-0.4, -0.2) is 62.2 Å². The Balaban J connectivity index is 2.44. The summed E-state index contributed by atoms with van der Waals surface area (Å²) in [6, 6.07) is 11.5. The Morgan fingerprint density at radius 3 is 2.23 bits per heavy atom. The molecule has 10 heteroatoms. The molecule has 0 saturated heterocycles. The first-order chi connectivity index (χ1) is 16.4. The van der Waals surface area contributed by atoms with E-state index in [1.807, 2.05) is 45.0 Å². The van der Waals surface area contributed by atoms with E-state index in [4.69, 9.17) is 0 Å². The zero-order chi connectivity index (χ0) is 26.3. The van der Waals surface area contributed by atoms with E-state index in [0.29, 0.717) is 0 Å². The maximum Gasteiger partial charge on any atom is 0.304 e. The highest BCUT2D eigenvalue weighted by molar-refractivity contribution is 7.90.